The van der Waals surface area contributed by atoms with E-state index in [0.717, 1.165) is 11.3 Å². The van der Waals surface area contributed by atoms with Gasteiger partial charge in [-0.1, -0.05) is 29.0 Å². The van der Waals surface area contributed by atoms with E-state index in [4.69, 9.17) is 22.6 Å². The zero-order valence-corrected chi connectivity index (χ0v) is 14.7. The van der Waals surface area contributed by atoms with Gasteiger partial charge in [0.1, 0.15) is 11.9 Å². The van der Waals surface area contributed by atoms with E-state index in [1.807, 2.05) is 24.3 Å². The maximum atomic E-state index is 12.1. The number of halogens is 1. The molecule has 10 nitrogen and oxygen atoms in total. The molecule has 1 unspecified atom stereocenters. The molecular formula is C16H15ClN8O2. The van der Waals surface area contributed by atoms with Crippen molar-refractivity contribution >= 4 is 29.0 Å². The van der Waals surface area contributed by atoms with Crippen molar-refractivity contribution in [2.75, 3.05) is 10.7 Å². The highest BCUT2D eigenvalue weighted by Gasteiger charge is 2.20. The van der Waals surface area contributed by atoms with Gasteiger partial charge in [-0.2, -0.15) is 10.8 Å². The van der Waals surface area contributed by atoms with Crippen molar-refractivity contribution in [2.45, 2.75) is 18.6 Å². The number of benzene rings is 1. The maximum absolute atomic E-state index is 12.1. The fourth-order valence-corrected chi connectivity index (χ4v) is 2.61. The first-order valence-electron chi connectivity index (χ1n) is 7.81. The van der Waals surface area contributed by atoms with Gasteiger partial charge in [-0.3, -0.25) is 4.79 Å². The van der Waals surface area contributed by atoms with Crippen LogP contribution in [-0.4, -0.2) is 21.6 Å². The van der Waals surface area contributed by atoms with Crippen LogP contribution in [0.25, 0.3) is 0 Å². The average Bonchev–Trinajstić information content (AvgIpc) is 3.09. The molecule has 1 aliphatic rings. The third-order valence-electron chi connectivity index (χ3n) is 3.76. The Labute approximate surface area is 159 Å². The summed E-state index contributed by atoms with van der Waals surface area (Å²) >= 11 is 5.97. The average molecular weight is 387 g/mol. The number of rotatable bonds is 5. The number of anilines is 2. The van der Waals surface area contributed by atoms with E-state index in [9.17, 15) is 9.90 Å². The third-order valence-corrected chi connectivity index (χ3v) is 4.04. The number of alkyl halides is 1. The van der Waals surface area contributed by atoms with Crippen molar-refractivity contribution < 1.29 is 9.90 Å². The van der Waals surface area contributed by atoms with Gasteiger partial charge in [-0.05, 0) is 17.7 Å². The summed E-state index contributed by atoms with van der Waals surface area (Å²) in [4.78, 5) is 16.0. The minimum absolute atomic E-state index is 0.0209. The standard InChI is InChI=1S/C16H15ClN8O2/c17-16-22-23-24-25(16)11-3-1-9(2-4-11)8-20-14(26)6-12-15(27)10(7-18)5-13(19)21-12/h1-5,16,27H,6,8H2,(H2,19,21)(H,20,26)(H,22,24). The molecule has 138 valence electrons. The first-order chi connectivity index (χ1) is 13.0. The number of nitrogens with zero attached hydrogens (tertiary/aromatic N) is 5. The lowest BCUT2D eigenvalue weighted by atomic mass is 10.1. The molecule has 11 heteroatoms. The van der Waals surface area contributed by atoms with E-state index in [-0.39, 0.29) is 41.7 Å². The number of aromatic nitrogens is 1. The molecule has 1 amide bonds. The molecule has 0 saturated carbocycles. The molecule has 2 heterocycles. The summed E-state index contributed by atoms with van der Waals surface area (Å²) in [5, 5.41) is 30.6. The summed E-state index contributed by atoms with van der Waals surface area (Å²) in [5.74, 6) is -0.638. The Morgan fingerprint density at radius 3 is 2.81 bits per heavy atom. The molecule has 3 rings (SSSR count). The van der Waals surface area contributed by atoms with E-state index in [1.54, 1.807) is 11.1 Å². The number of hydrazine groups is 1. The molecular weight excluding hydrogens is 372 g/mol. The van der Waals surface area contributed by atoms with Crippen LogP contribution in [0.15, 0.2) is 40.7 Å². The molecule has 0 fully saturated rings. The molecule has 0 radical (unpaired) electrons. The molecule has 0 aliphatic carbocycles. The Morgan fingerprint density at radius 2 is 2.19 bits per heavy atom. The smallest absolute Gasteiger partial charge is 0.238 e. The monoisotopic (exact) mass is 386 g/mol. The number of aromatic hydroxyl groups is 1. The largest absolute Gasteiger partial charge is 0.505 e. The van der Waals surface area contributed by atoms with Crippen molar-refractivity contribution in [3.63, 3.8) is 0 Å². The number of nitrogens with one attached hydrogen (secondary N) is 2. The number of nitrogens with two attached hydrogens (primary N) is 1. The molecule has 5 N–H and O–H groups in total. The zero-order chi connectivity index (χ0) is 19.4. The highest BCUT2D eigenvalue weighted by atomic mass is 35.5. The van der Waals surface area contributed by atoms with Gasteiger partial charge >= 0.3 is 0 Å². The Morgan fingerprint density at radius 1 is 1.44 bits per heavy atom. The number of carbonyl (C=O) groups is 1. The van der Waals surface area contributed by atoms with Crippen molar-refractivity contribution in [2.24, 2.45) is 10.3 Å². The van der Waals surface area contributed by atoms with Crippen LogP contribution in [0.5, 0.6) is 5.75 Å². The Hall–Kier alpha value is -3.58. The van der Waals surface area contributed by atoms with E-state index in [2.05, 4.69) is 26.2 Å². The summed E-state index contributed by atoms with van der Waals surface area (Å²) in [6.45, 7) is 0.278. The molecule has 1 aliphatic heterocycles. The summed E-state index contributed by atoms with van der Waals surface area (Å²) in [5.41, 5.74) is 9.29. The van der Waals surface area contributed by atoms with Gasteiger partial charge in [-0.25, -0.2) is 9.99 Å². The fourth-order valence-electron chi connectivity index (χ4n) is 2.41. The molecule has 2 aromatic rings. The molecule has 1 aromatic carbocycles. The van der Waals surface area contributed by atoms with E-state index in [0.29, 0.717) is 0 Å². The van der Waals surface area contributed by atoms with E-state index >= 15 is 0 Å². The highest BCUT2D eigenvalue weighted by molar-refractivity contribution is 6.21. The molecule has 0 saturated heterocycles. The first kappa shape index (κ1) is 18.2. The Kier molecular flexibility index (Phi) is 5.23. The zero-order valence-electron chi connectivity index (χ0n) is 13.9. The fraction of sp³-hybridized carbons (Fsp3) is 0.188. The van der Waals surface area contributed by atoms with Crippen LogP contribution in [0.3, 0.4) is 0 Å². The number of hydrogen-bond donors (Lipinski definition) is 4. The molecule has 0 spiro atoms. The van der Waals surface area contributed by atoms with Crippen LogP contribution >= 0.6 is 11.6 Å². The topological polar surface area (TPSA) is 152 Å². The van der Waals surface area contributed by atoms with E-state index in [1.165, 1.54) is 6.07 Å². The number of nitrogen functional groups attached to an aromatic ring is 1. The van der Waals surface area contributed by atoms with Crippen LogP contribution < -0.4 is 21.6 Å². The lowest BCUT2D eigenvalue weighted by molar-refractivity contribution is -0.120. The van der Waals surface area contributed by atoms with Crippen LogP contribution in [0.4, 0.5) is 11.5 Å². The Balaban J connectivity index is 1.58. The van der Waals surface area contributed by atoms with Gasteiger partial charge in [0.05, 0.1) is 23.4 Å². The summed E-state index contributed by atoms with van der Waals surface area (Å²) in [6, 6.07) is 10.3. The van der Waals surface area contributed by atoms with Crippen LogP contribution in [0.1, 0.15) is 16.8 Å². The van der Waals surface area contributed by atoms with Gasteiger partial charge in [0.15, 0.2) is 5.75 Å². The van der Waals surface area contributed by atoms with Gasteiger partial charge < -0.3 is 16.2 Å². The third kappa shape index (κ3) is 4.16. The van der Waals surface area contributed by atoms with Gasteiger partial charge in [0.2, 0.25) is 11.5 Å². The lowest BCUT2D eigenvalue weighted by Gasteiger charge is -2.18. The first-order valence-corrected chi connectivity index (χ1v) is 8.24. The summed E-state index contributed by atoms with van der Waals surface area (Å²) in [7, 11) is 0. The second-order valence-corrected chi connectivity index (χ2v) is 6.01. The lowest BCUT2D eigenvalue weighted by Crippen LogP contribution is -2.34. The molecule has 1 aromatic heterocycles. The van der Waals surface area contributed by atoms with Gasteiger partial charge in [0, 0.05) is 12.6 Å². The van der Waals surface area contributed by atoms with Crippen molar-refractivity contribution in [1.29, 1.82) is 5.26 Å². The van der Waals surface area contributed by atoms with Crippen molar-refractivity contribution in [3.05, 3.63) is 47.2 Å². The second kappa shape index (κ2) is 7.76. The number of hydrogen-bond acceptors (Lipinski definition) is 9. The quantitative estimate of drug-likeness (QED) is 0.446. The number of pyridine rings is 1. The predicted octanol–water partition coefficient (Wildman–Crippen LogP) is 1.31. The minimum Gasteiger partial charge on any atom is -0.505 e. The SMILES string of the molecule is N#Cc1cc(N)nc(CC(=O)NCc2ccc(N3NN=NC3Cl)cc2)c1O. The van der Waals surface area contributed by atoms with Crippen LogP contribution in [-0.2, 0) is 17.8 Å². The number of carbonyl (C=O) groups excluding carboxylic acids is 1. The summed E-state index contributed by atoms with van der Waals surface area (Å²) in [6.07, 6.45) is -0.196. The van der Waals surface area contributed by atoms with Gasteiger partial charge in [-0.15, -0.1) is 5.11 Å². The molecule has 1 atom stereocenters. The summed E-state index contributed by atoms with van der Waals surface area (Å²) < 4.78 is 0. The Bertz CT molecular complexity index is 925. The highest BCUT2D eigenvalue weighted by Crippen LogP contribution is 2.23. The van der Waals surface area contributed by atoms with Crippen molar-refractivity contribution in [3.8, 4) is 11.8 Å². The van der Waals surface area contributed by atoms with Crippen LogP contribution in [0.2, 0.25) is 0 Å². The predicted molar refractivity (Wildman–Crippen MR) is 97.1 cm³/mol. The minimum atomic E-state index is -0.618. The molecule has 27 heavy (non-hydrogen) atoms. The van der Waals surface area contributed by atoms with Crippen molar-refractivity contribution in [1.82, 2.24) is 15.8 Å². The number of nitriles is 1. The number of amides is 1. The van der Waals surface area contributed by atoms with Gasteiger partial charge in [0.25, 0.3) is 0 Å². The maximum Gasteiger partial charge on any atom is 0.238 e. The van der Waals surface area contributed by atoms with E-state index < -0.39 is 5.62 Å². The molecule has 0 bridgehead atoms. The normalized spacial score (nSPS) is 15.3. The van der Waals surface area contributed by atoms with Crippen LogP contribution in [0, 0.1) is 11.3 Å². The second-order valence-electron chi connectivity index (χ2n) is 5.62.